The molecule has 94 valence electrons. The second kappa shape index (κ2) is 8.73. The highest BCUT2D eigenvalue weighted by Gasteiger charge is 2.00. The van der Waals surface area contributed by atoms with Crippen molar-refractivity contribution in [3.8, 4) is 0 Å². The van der Waals surface area contributed by atoms with Crippen molar-refractivity contribution in [2.45, 2.75) is 19.4 Å². The van der Waals surface area contributed by atoms with Crippen LogP contribution in [0, 0.1) is 0 Å². The van der Waals surface area contributed by atoms with Gasteiger partial charge in [-0.1, -0.05) is 30.3 Å². The zero-order chi connectivity index (χ0) is 12.3. The van der Waals surface area contributed by atoms with Gasteiger partial charge >= 0.3 is 0 Å². The van der Waals surface area contributed by atoms with E-state index in [1.54, 1.807) is 0 Å². The summed E-state index contributed by atoms with van der Waals surface area (Å²) in [6, 6.07) is 9.85. The van der Waals surface area contributed by atoms with Gasteiger partial charge < -0.3 is 15.2 Å². The molecule has 0 saturated heterocycles. The van der Waals surface area contributed by atoms with E-state index in [2.05, 4.69) is 5.32 Å². The smallest absolute Gasteiger partial charge is 0.222 e. The summed E-state index contributed by atoms with van der Waals surface area (Å²) < 4.78 is 5.39. The quantitative estimate of drug-likeness (QED) is 0.665. The molecule has 4 nitrogen and oxygen atoms in total. The van der Waals surface area contributed by atoms with Crippen LogP contribution in [0.1, 0.15) is 18.4 Å². The summed E-state index contributed by atoms with van der Waals surface area (Å²) in [5.74, 6) is -0.0356. The Bertz CT molecular complexity index is 314. The highest BCUT2D eigenvalue weighted by atomic mass is 16.5. The Kier molecular flexibility index (Phi) is 7.02. The van der Waals surface area contributed by atoms with E-state index in [1.165, 1.54) is 0 Å². The fraction of sp³-hybridized carbons (Fsp3) is 0.462. The number of hydrogen-bond donors (Lipinski definition) is 2. The molecule has 1 rings (SSSR count). The number of aliphatic hydroxyl groups excluding tert-OH is 1. The molecule has 0 fully saturated rings. The highest BCUT2D eigenvalue weighted by Crippen LogP contribution is 2.00. The Morgan fingerprint density at radius 2 is 2.06 bits per heavy atom. The molecule has 0 bridgehead atoms. The topological polar surface area (TPSA) is 58.6 Å². The van der Waals surface area contributed by atoms with E-state index in [9.17, 15) is 4.79 Å². The summed E-state index contributed by atoms with van der Waals surface area (Å²) in [4.78, 5) is 11.3. The average Bonchev–Trinajstić information content (AvgIpc) is 2.36. The minimum absolute atomic E-state index is 0.0356. The summed E-state index contributed by atoms with van der Waals surface area (Å²) in [6.45, 7) is 1.57. The molecule has 1 aromatic carbocycles. The predicted octanol–water partition coefficient (Wildman–Crippen LogP) is 1.09. The van der Waals surface area contributed by atoms with Crippen molar-refractivity contribution in [1.82, 2.24) is 5.32 Å². The molecule has 1 amide bonds. The molecule has 0 heterocycles. The summed E-state index contributed by atoms with van der Waals surface area (Å²) >= 11 is 0. The fourth-order valence-electron chi connectivity index (χ4n) is 1.32. The minimum atomic E-state index is -0.0356. The van der Waals surface area contributed by atoms with E-state index in [-0.39, 0.29) is 12.5 Å². The first-order valence-electron chi connectivity index (χ1n) is 5.82. The predicted molar refractivity (Wildman–Crippen MR) is 65.4 cm³/mol. The Labute approximate surface area is 102 Å². The van der Waals surface area contributed by atoms with Crippen molar-refractivity contribution in [2.24, 2.45) is 0 Å². The van der Waals surface area contributed by atoms with Gasteiger partial charge in [-0.05, 0) is 12.0 Å². The van der Waals surface area contributed by atoms with Crippen LogP contribution in [0.2, 0.25) is 0 Å². The van der Waals surface area contributed by atoms with Crippen LogP contribution >= 0.6 is 0 Å². The molecule has 0 radical (unpaired) electrons. The maximum absolute atomic E-state index is 11.3. The van der Waals surface area contributed by atoms with E-state index in [1.807, 2.05) is 30.3 Å². The zero-order valence-electron chi connectivity index (χ0n) is 9.89. The van der Waals surface area contributed by atoms with Crippen LogP contribution < -0.4 is 5.32 Å². The third kappa shape index (κ3) is 6.71. The van der Waals surface area contributed by atoms with Crippen LogP contribution in [-0.2, 0) is 16.1 Å². The number of hydrogen-bond acceptors (Lipinski definition) is 3. The van der Waals surface area contributed by atoms with Gasteiger partial charge in [0, 0.05) is 19.6 Å². The van der Waals surface area contributed by atoms with E-state index in [0.717, 1.165) is 5.56 Å². The second-order valence-corrected chi connectivity index (χ2v) is 3.72. The Balaban J connectivity index is 2.02. The lowest BCUT2D eigenvalue weighted by Crippen LogP contribution is -2.25. The first-order chi connectivity index (χ1) is 8.33. The number of amides is 1. The molecule has 0 aromatic heterocycles. The molecular weight excluding hydrogens is 218 g/mol. The molecular formula is C13H19NO3. The molecule has 0 atom stereocenters. The van der Waals surface area contributed by atoms with Crippen LogP contribution in [0.3, 0.4) is 0 Å². The van der Waals surface area contributed by atoms with E-state index in [0.29, 0.717) is 32.6 Å². The molecule has 17 heavy (non-hydrogen) atoms. The van der Waals surface area contributed by atoms with Gasteiger partial charge in [0.15, 0.2) is 0 Å². The lowest BCUT2D eigenvalue weighted by molar-refractivity contribution is -0.122. The standard InChI is InChI=1S/C13H19NO3/c15-9-4-8-14-13(16)7-10-17-11-12-5-2-1-3-6-12/h1-3,5-6,15H,4,7-11H2,(H,14,16). The zero-order valence-corrected chi connectivity index (χ0v) is 9.89. The number of carbonyl (C=O) groups is 1. The highest BCUT2D eigenvalue weighted by molar-refractivity contribution is 5.75. The van der Waals surface area contributed by atoms with Crippen molar-refractivity contribution in [1.29, 1.82) is 0 Å². The van der Waals surface area contributed by atoms with Gasteiger partial charge in [0.25, 0.3) is 0 Å². The summed E-state index contributed by atoms with van der Waals surface area (Å²) in [5, 5.41) is 11.2. The molecule has 0 spiro atoms. The largest absolute Gasteiger partial charge is 0.396 e. The lowest BCUT2D eigenvalue weighted by Gasteiger charge is -2.05. The summed E-state index contributed by atoms with van der Waals surface area (Å²) in [5.41, 5.74) is 1.10. The first-order valence-corrected chi connectivity index (χ1v) is 5.82. The maximum Gasteiger partial charge on any atom is 0.222 e. The number of carbonyl (C=O) groups excluding carboxylic acids is 1. The lowest BCUT2D eigenvalue weighted by atomic mass is 10.2. The van der Waals surface area contributed by atoms with Crippen LogP contribution in [0.15, 0.2) is 30.3 Å². The van der Waals surface area contributed by atoms with Crippen LogP contribution in [0.25, 0.3) is 0 Å². The van der Waals surface area contributed by atoms with Gasteiger partial charge in [0.1, 0.15) is 0 Å². The SMILES string of the molecule is O=C(CCOCc1ccccc1)NCCCO. The number of ether oxygens (including phenoxy) is 1. The van der Waals surface area contributed by atoms with Gasteiger partial charge in [-0.25, -0.2) is 0 Å². The molecule has 0 saturated carbocycles. The third-order valence-electron chi connectivity index (χ3n) is 2.24. The van der Waals surface area contributed by atoms with Gasteiger partial charge in [-0.15, -0.1) is 0 Å². The van der Waals surface area contributed by atoms with Gasteiger partial charge in [-0.2, -0.15) is 0 Å². The average molecular weight is 237 g/mol. The fourth-order valence-corrected chi connectivity index (χ4v) is 1.32. The Hall–Kier alpha value is -1.39. The van der Waals surface area contributed by atoms with E-state index in [4.69, 9.17) is 9.84 Å². The van der Waals surface area contributed by atoms with Crippen LogP contribution in [-0.4, -0.2) is 30.8 Å². The van der Waals surface area contributed by atoms with Crippen molar-refractivity contribution in [3.05, 3.63) is 35.9 Å². The molecule has 0 aliphatic carbocycles. The van der Waals surface area contributed by atoms with E-state index < -0.39 is 0 Å². The maximum atomic E-state index is 11.3. The Morgan fingerprint density at radius 1 is 1.29 bits per heavy atom. The van der Waals surface area contributed by atoms with Crippen molar-refractivity contribution >= 4 is 5.91 Å². The molecule has 0 aliphatic rings. The van der Waals surface area contributed by atoms with Gasteiger partial charge in [-0.3, -0.25) is 4.79 Å². The summed E-state index contributed by atoms with van der Waals surface area (Å²) in [6.07, 6.45) is 0.953. The van der Waals surface area contributed by atoms with Gasteiger partial charge in [0.05, 0.1) is 13.2 Å². The molecule has 4 heteroatoms. The number of nitrogens with one attached hydrogen (secondary N) is 1. The molecule has 0 aliphatic heterocycles. The number of aliphatic hydroxyl groups is 1. The monoisotopic (exact) mass is 237 g/mol. The molecule has 0 unspecified atom stereocenters. The second-order valence-electron chi connectivity index (χ2n) is 3.72. The minimum Gasteiger partial charge on any atom is -0.396 e. The molecule has 1 aromatic rings. The van der Waals surface area contributed by atoms with Crippen LogP contribution in [0.4, 0.5) is 0 Å². The van der Waals surface area contributed by atoms with Crippen molar-refractivity contribution in [3.63, 3.8) is 0 Å². The normalized spacial score (nSPS) is 10.2. The molecule has 2 N–H and O–H groups in total. The number of rotatable bonds is 8. The third-order valence-corrected chi connectivity index (χ3v) is 2.24. The first kappa shape index (κ1) is 13.7. The van der Waals surface area contributed by atoms with E-state index >= 15 is 0 Å². The van der Waals surface area contributed by atoms with Crippen molar-refractivity contribution in [2.75, 3.05) is 19.8 Å². The Morgan fingerprint density at radius 3 is 2.76 bits per heavy atom. The number of benzene rings is 1. The summed E-state index contributed by atoms with van der Waals surface area (Å²) in [7, 11) is 0. The van der Waals surface area contributed by atoms with Gasteiger partial charge in [0.2, 0.25) is 5.91 Å². The van der Waals surface area contributed by atoms with Crippen molar-refractivity contribution < 1.29 is 14.6 Å². The van der Waals surface area contributed by atoms with Crippen LogP contribution in [0.5, 0.6) is 0 Å².